The fourth-order valence-electron chi connectivity index (χ4n) is 7.03. The van der Waals surface area contributed by atoms with Crippen molar-refractivity contribution in [2.24, 2.45) is 0 Å². The summed E-state index contributed by atoms with van der Waals surface area (Å²) in [5, 5.41) is 10.8. The van der Waals surface area contributed by atoms with E-state index < -0.39 is 121 Å². The van der Waals surface area contributed by atoms with Crippen molar-refractivity contribution in [3.63, 3.8) is 0 Å². The van der Waals surface area contributed by atoms with Crippen molar-refractivity contribution in [1.29, 1.82) is 0 Å². The van der Waals surface area contributed by atoms with Gasteiger partial charge in [-0.3, -0.25) is 38.4 Å². The Kier molecular flexibility index (Phi) is 15.5. The van der Waals surface area contributed by atoms with Crippen LogP contribution in [-0.2, 0) is 76.2 Å². The summed E-state index contributed by atoms with van der Waals surface area (Å²) in [7, 11) is 1.36. The van der Waals surface area contributed by atoms with Crippen molar-refractivity contribution in [3.8, 4) is 34.3 Å². The zero-order valence-electron chi connectivity index (χ0n) is 36.0. The van der Waals surface area contributed by atoms with Crippen LogP contribution in [0, 0.1) is 0 Å². The first-order valence-electron chi connectivity index (χ1n) is 19.5. The van der Waals surface area contributed by atoms with E-state index in [0.717, 1.165) is 53.7 Å². The first kappa shape index (κ1) is 48.3. The molecule has 2 saturated heterocycles. The van der Waals surface area contributed by atoms with Crippen molar-refractivity contribution in [3.05, 3.63) is 46.6 Å². The maximum atomic E-state index is 13.4. The molecule has 1 N–H and O–H groups in total. The number of fused-ring (bicyclic) bond motifs is 1. The first-order valence-corrected chi connectivity index (χ1v) is 19.5. The summed E-state index contributed by atoms with van der Waals surface area (Å²) >= 11 is 0. The highest BCUT2D eigenvalue weighted by Gasteiger charge is 2.55. The van der Waals surface area contributed by atoms with Crippen LogP contribution in [0.4, 0.5) is 0 Å². The predicted octanol–water partition coefficient (Wildman–Crippen LogP) is 2.55. The monoisotopic (exact) mass is 902 g/mol. The second-order valence-electron chi connectivity index (χ2n) is 14.4. The molecule has 346 valence electrons. The molecule has 2 fully saturated rings. The second-order valence-corrected chi connectivity index (χ2v) is 14.4. The maximum Gasteiger partial charge on any atom is 0.308 e. The average molecular weight is 903 g/mol. The Labute approximate surface area is 363 Å². The van der Waals surface area contributed by atoms with Crippen molar-refractivity contribution in [2.45, 2.75) is 117 Å². The highest BCUT2D eigenvalue weighted by molar-refractivity contribution is 5.86. The molecule has 3 heterocycles. The van der Waals surface area contributed by atoms with Gasteiger partial charge in [0.05, 0.1) is 19.8 Å². The smallest absolute Gasteiger partial charge is 0.308 e. The Morgan fingerprint density at radius 3 is 1.70 bits per heavy atom. The molecule has 64 heavy (non-hydrogen) atoms. The van der Waals surface area contributed by atoms with E-state index in [4.69, 9.17) is 61.3 Å². The molecule has 1 aromatic heterocycles. The summed E-state index contributed by atoms with van der Waals surface area (Å²) in [6.07, 6.45) is -15.2. The van der Waals surface area contributed by atoms with Gasteiger partial charge in [-0.05, 0) is 25.1 Å². The van der Waals surface area contributed by atoms with E-state index in [9.17, 15) is 43.5 Å². The third-order valence-corrected chi connectivity index (χ3v) is 9.29. The van der Waals surface area contributed by atoms with Gasteiger partial charge in [0.1, 0.15) is 34.3 Å². The number of methoxy groups -OCH3 is 1. The molecule has 0 aliphatic carbocycles. The Hall–Kier alpha value is -6.78. The molecule has 0 saturated carbocycles. The minimum atomic E-state index is -1.79. The second kappa shape index (κ2) is 20.6. The third kappa shape index (κ3) is 11.8. The normalized spacial score (nSPS) is 25.2. The Balaban J connectivity index is 1.55. The number of ether oxygens (including phenoxy) is 12. The van der Waals surface area contributed by atoms with Crippen molar-refractivity contribution in [2.75, 3.05) is 13.7 Å². The molecular formula is C42H46O22. The molecule has 10 atom stereocenters. The minimum Gasteiger partial charge on any atom is -0.507 e. The molecule has 2 aliphatic heterocycles. The van der Waals surface area contributed by atoms with Crippen LogP contribution in [0.5, 0.6) is 23.0 Å². The fourth-order valence-corrected chi connectivity index (χ4v) is 7.03. The first-order chi connectivity index (χ1) is 30.1. The molecule has 22 heteroatoms. The number of phenols is 1. The quantitative estimate of drug-likeness (QED) is 0.138. The van der Waals surface area contributed by atoms with E-state index >= 15 is 0 Å². The van der Waals surface area contributed by atoms with Crippen LogP contribution in [0.15, 0.2) is 45.6 Å². The van der Waals surface area contributed by atoms with Crippen molar-refractivity contribution >= 4 is 52.8 Å². The Morgan fingerprint density at radius 2 is 1.14 bits per heavy atom. The van der Waals surface area contributed by atoms with Crippen molar-refractivity contribution in [1.82, 2.24) is 0 Å². The number of hydrogen-bond donors (Lipinski definition) is 1. The zero-order valence-corrected chi connectivity index (χ0v) is 36.0. The van der Waals surface area contributed by atoms with E-state index in [1.54, 1.807) is 0 Å². The zero-order chi connectivity index (χ0) is 47.2. The van der Waals surface area contributed by atoms with Gasteiger partial charge in [0.25, 0.3) is 0 Å². The number of esters is 7. The number of carbonyl (C=O) groups is 7. The predicted molar refractivity (Wildman–Crippen MR) is 210 cm³/mol. The fraction of sp³-hybridized carbons (Fsp3) is 0.476. The van der Waals surface area contributed by atoms with Gasteiger partial charge < -0.3 is 66.4 Å². The van der Waals surface area contributed by atoms with Gasteiger partial charge in [0.2, 0.25) is 12.4 Å². The highest BCUT2D eigenvalue weighted by Crippen LogP contribution is 2.38. The number of hydrogen-bond acceptors (Lipinski definition) is 22. The summed E-state index contributed by atoms with van der Waals surface area (Å²) in [6.45, 7) is 8.32. The Bertz CT molecular complexity index is 2330. The van der Waals surface area contributed by atoms with Crippen LogP contribution in [0.1, 0.15) is 55.4 Å². The average Bonchev–Trinajstić information content (AvgIpc) is 3.17. The molecule has 0 bridgehead atoms. The summed E-state index contributed by atoms with van der Waals surface area (Å²) in [4.78, 5) is 99.3. The molecule has 0 radical (unpaired) electrons. The molecule has 2 aromatic carbocycles. The van der Waals surface area contributed by atoms with E-state index in [1.165, 1.54) is 45.2 Å². The van der Waals surface area contributed by atoms with Gasteiger partial charge in [0, 0.05) is 72.2 Å². The van der Waals surface area contributed by atoms with E-state index in [1.807, 2.05) is 0 Å². The molecule has 2 aliphatic rings. The van der Waals surface area contributed by atoms with Gasteiger partial charge in [-0.25, -0.2) is 0 Å². The molecule has 3 aromatic rings. The lowest BCUT2D eigenvalue weighted by Crippen LogP contribution is -2.64. The lowest BCUT2D eigenvalue weighted by Gasteiger charge is -2.46. The minimum absolute atomic E-state index is 0.0240. The number of rotatable bonds is 14. The maximum absolute atomic E-state index is 13.4. The van der Waals surface area contributed by atoms with E-state index in [0.29, 0.717) is 0 Å². The van der Waals surface area contributed by atoms with Crippen LogP contribution in [0.3, 0.4) is 0 Å². The highest BCUT2D eigenvalue weighted by atomic mass is 16.8. The lowest BCUT2D eigenvalue weighted by atomic mass is 9.97. The Morgan fingerprint density at radius 1 is 0.609 bits per heavy atom. The van der Waals surface area contributed by atoms with Gasteiger partial charge in [-0.2, -0.15) is 0 Å². The van der Waals surface area contributed by atoms with Gasteiger partial charge in [-0.15, -0.1) is 0 Å². The van der Waals surface area contributed by atoms with Crippen LogP contribution >= 0.6 is 0 Å². The number of aromatic hydroxyl groups is 1. The topological polar surface area (TPSA) is 281 Å². The number of carbonyl (C=O) groups excluding carboxylic acids is 7. The molecule has 22 nitrogen and oxygen atoms in total. The number of benzene rings is 2. The molecule has 2 unspecified atom stereocenters. The standard InChI is InChI=1S/C42H46O22/c1-17-35(56-19(3)44)37(58-21(5)46)39(60-23(7)48)41(54-17)53-16-33-36(57-20(4)45)38(59-22(6)47)40(61-24(8)49)42(64-33)62-26-13-27(50)34-28(51)15-30(63-32(34)14-26)25-10-11-29(52-9)31(12-25)55-18(2)43/h10-15,17,33,35-42,50H,16H2,1-9H3/t17-,33?,35+,36+,37+,38?,39+,40-,41+,42+/m0/s1. The largest absolute Gasteiger partial charge is 0.507 e. The SMILES string of the molecule is COc1ccc(-c2cc(=O)c3c(O)cc(O[C@@H]4OC(CO[C@@H]5O[C@@H](C)[C@@H](OC(C)=O)[C@@H](OC(C)=O)[C@H]5OC(C)=O)[C@@H](OC(C)=O)C(OC(C)=O)[C@@H]4OC(C)=O)cc3o2)cc1OC(C)=O. The summed E-state index contributed by atoms with van der Waals surface area (Å²) in [6, 6.07) is 7.71. The molecule has 0 spiro atoms. The number of phenolic OH excluding ortho intramolecular Hbond substituents is 1. The van der Waals surface area contributed by atoms with E-state index in [-0.39, 0.29) is 39.5 Å². The van der Waals surface area contributed by atoms with E-state index in [2.05, 4.69) is 0 Å². The lowest BCUT2D eigenvalue weighted by molar-refractivity contribution is -0.323. The summed E-state index contributed by atoms with van der Waals surface area (Å²) in [5.41, 5.74) is -0.634. The van der Waals surface area contributed by atoms with Crippen LogP contribution < -0.4 is 19.6 Å². The molecular weight excluding hydrogens is 856 g/mol. The van der Waals surface area contributed by atoms with Crippen molar-refractivity contribution < 1.29 is 99.9 Å². The molecule has 5 rings (SSSR count). The van der Waals surface area contributed by atoms with Gasteiger partial charge in [0.15, 0.2) is 53.7 Å². The third-order valence-electron chi connectivity index (χ3n) is 9.29. The molecule has 0 amide bonds. The van der Waals surface area contributed by atoms with Crippen LogP contribution in [0.2, 0.25) is 0 Å². The van der Waals surface area contributed by atoms with Gasteiger partial charge in [-0.1, -0.05) is 0 Å². The van der Waals surface area contributed by atoms with Gasteiger partial charge >= 0.3 is 41.8 Å². The van der Waals surface area contributed by atoms with Crippen LogP contribution in [-0.4, -0.2) is 122 Å². The summed E-state index contributed by atoms with van der Waals surface area (Å²) in [5.74, 6) is -6.53. The van der Waals surface area contributed by atoms with Crippen LogP contribution in [0.25, 0.3) is 22.3 Å². The summed E-state index contributed by atoms with van der Waals surface area (Å²) < 4.78 is 73.8.